The number of halogens is 1. The van der Waals surface area contributed by atoms with Crippen LogP contribution in [0.4, 0.5) is 0 Å². The van der Waals surface area contributed by atoms with E-state index >= 15 is 0 Å². The third-order valence-corrected chi connectivity index (χ3v) is 3.66. The molecule has 3 N–H and O–H groups in total. The van der Waals surface area contributed by atoms with E-state index in [9.17, 15) is 0 Å². The van der Waals surface area contributed by atoms with Crippen molar-refractivity contribution in [1.29, 1.82) is 0 Å². The Kier molecular flexibility index (Phi) is 12.2. The zero-order valence-corrected chi connectivity index (χ0v) is 16.6. The van der Waals surface area contributed by atoms with E-state index in [-0.39, 0.29) is 24.0 Å². The normalized spacial score (nSPS) is 10.8. The lowest BCUT2D eigenvalue weighted by molar-refractivity contribution is 0.354. The van der Waals surface area contributed by atoms with Crippen molar-refractivity contribution < 1.29 is 9.47 Å². The van der Waals surface area contributed by atoms with Crippen molar-refractivity contribution in [2.24, 2.45) is 10.7 Å². The molecule has 0 aliphatic rings. The van der Waals surface area contributed by atoms with Crippen LogP contribution in [0, 0.1) is 0 Å². The number of hydrogen-bond acceptors (Lipinski definition) is 4. The van der Waals surface area contributed by atoms with Gasteiger partial charge in [0.25, 0.3) is 0 Å². The molecule has 1 aromatic rings. The highest BCUT2D eigenvalue weighted by Crippen LogP contribution is 2.27. The van der Waals surface area contributed by atoms with E-state index in [4.69, 9.17) is 15.2 Å². The van der Waals surface area contributed by atoms with Gasteiger partial charge in [-0.1, -0.05) is 6.07 Å². The summed E-state index contributed by atoms with van der Waals surface area (Å²) in [6, 6.07) is 5.74. The molecule has 126 valence electrons. The predicted octanol–water partition coefficient (Wildman–Crippen LogP) is 2.87. The lowest BCUT2D eigenvalue weighted by Gasteiger charge is -2.09. The van der Waals surface area contributed by atoms with Crippen molar-refractivity contribution in [2.75, 3.05) is 32.8 Å². The molecule has 1 aromatic carbocycles. The van der Waals surface area contributed by atoms with Gasteiger partial charge in [0, 0.05) is 6.54 Å². The molecule has 0 aliphatic heterocycles. The smallest absolute Gasteiger partial charge is 0.188 e. The Hall–Kier alpha value is -0.830. The molecule has 5 nitrogen and oxygen atoms in total. The van der Waals surface area contributed by atoms with Crippen LogP contribution >= 0.6 is 35.7 Å². The highest BCUT2D eigenvalue weighted by molar-refractivity contribution is 14.0. The predicted molar refractivity (Wildman–Crippen MR) is 106 cm³/mol. The van der Waals surface area contributed by atoms with Gasteiger partial charge in [0.05, 0.1) is 20.8 Å². The van der Waals surface area contributed by atoms with E-state index in [0.29, 0.717) is 24.0 Å². The zero-order valence-electron chi connectivity index (χ0n) is 13.4. The lowest BCUT2D eigenvalue weighted by Crippen LogP contribution is -2.32. The summed E-state index contributed by atoms with van der Waals surface area (Å²) in [5, 5.41) is 3.13. The van der Waals surface area contributed by atoms with Gasteiger partial charge in [-0.15, -0.1) is 24.0 Å². The van der Waals surface area contributed by atoms with E-state index < -0.39 is 0 Å². The second kappa shape index (κ2) is 12.7. The van der Waals surface area contributed by atoms with Gasteiger partial charge in [-0.2, -0.15) is 11.8 Å². The Morgan fingerprint density at radius 1 is 1.23 bits per heavy atom. The van der Waals surface area contributed by atoms with Gasteiger partial charge in [-0.3, -0.25) is 0 Å². The Morgan fingerprint density at radius 3 is 2.59 bits per heavy atom. The second-order valence-corrected chi connectivity index (χ2v) is 5.50. The summed E-state index contributed by atoms with van der Waals surface area (Å²) in [7, 11) is 3.24. The first-order valence-electron chi connectivity index (χ1n) is 6.95. The topological polar surface area (TPSA) is 68.9 Å². The van der Waals surface area contributed by atoms with E-state index in [0.717, 1.165) is 18.5 Å². The van der Waals surface area contributed by atoms with E-state index in [1.165, 1.54) is 12.2 Å². The van der Waals surface area contributed by atoms with E-state index in [1.54, 1.807) is 14.2 Å². The third-order valence-electron chi connectivity index (χ3n) is 2.96. The molecule has 22 heavy (non-hydrogen) atoms. The molecule has 0 fully saturated rings. The monoisotopic (exact) mass is 439 g/mol. The fourth-order valence-electron chi connectivity index (χ4n) is 1.80. The fourth-order valence-corrected chi connectivity index (χ4v) is 2.29. The van der Waals surface area contributed by atoms with Gasteiger partial charge < -0.3 is 20.5 Å². The summed E-state index contributed by atoms with van der Waals surface area (Å²) in [5.41, 5.74) is 6.87. The average molecular weight is 439 g/mol. The van der Waals surface area contributed by atoms with E-state index in [2.05, 4.69) is 16.6 Å². The summed E-state index contributed by atoms with van der Waals surface area (Å²) < 4.78 is 10.5. The fraction of sp³-hybridized carbons (Fsp3) is 0.533. The largest absolute Gasteiger partial charge is 0.493 e. The van der Waals surface area contributed by atoms with Crippen molar-refractivity contribution >= 4 is 41.7 Å². The summed E-state index contributed by atoms with van der Waals surface area (Å²) in [5.74, 6) is 3.08. The number of unbranched alkanes of at least 4 members (excludes halogenated alkanes) is 1. The Morgan fingerprint density at radius 2 is 1.95 bits per heavy atom. The molecule has 0 atom stereocenters. The summed E-state index contributed by atoms with van der Waals surface area (Å²) in [6.45, 7) is 1.38. The standard InChI is InChI=1S/C15H25N3O2S.HI/c1-19-13-7-6-12(10-14(13)20-2)11-18-15(16)17-8-4-5-9-21-3;/h6-7,10H,4-5,8-9,11H2,1-3H3,(H3,16,17,18);1H. The van der Waals surface area contributed by atoms with Crippen LogP contribution in [-0.4, -0.2) is 38.7 Å². The van der Waals surface area contributed by atoms with Gasteiger partial charge >= 0.3 is 0 Å². The zero-order chi connectivity index (χ0) is 15.5. The molecule has 0 saturated heterocycles. The maximum atomic E-state index is 5.84. The van der Waals surface area contributed by atoms with Gasteiger partial charge in [-0.05, 0) is 42.5 Å². The minimum Gasteiger partial charge on any atom is -0.493 e. The molecule has 0 radical (unpaired) electrons. The van der Waals surface area contributed by atoms with Gasteiger partial charge in [-0.25, -0.2) is 4.99 Å². The van der Waals surface area contributed by atoms with Crippen LogP contribution in [0.3, 0.4) is 0 Å². The number of aliphatic imine (C=N–C) groups is 1. The first-order valence-corrected chi connectivity index (χ1v) is 8.34. The molecule has 0 amide bonds. The molecule has 0 aliphatic carbocycles. The Bertz CT molecular complexity index is 458. The van der Waals surface area contributed by atoms with Crippen molar-refractivity contribution in [2.45, 2.75) is 19.4 Å². The first-order chi connectivity index (χ1) is 10.2. The molecule has 0 heterocycles. The van der Waals surface area contributed by atoms with Crippen LogP contribution in [0.15, 0.2) is 23.2 Å². The number of ether oxygens (including phenoxy) is 2. The van der Waals surface area contributed by atoms with Gasteiger partial charge in [0.15, 0.2) is 17.5 Å². The number of nitrogens with two attached hydrogens (primary N) is 1. The Labute approximate surface area is 154 Å². The second-order valence-electron chi connectivity index (χ2n) is 4.52. The van der Waals surface area contributed by atoms with E-state index in [1.807, 2.05) is 30.0 Å². The molecular formula is C15H26IN3O2S. The molecule has 7 heteroatoms. The number of methoxy groups -OCH3 is 2. The lowest BCUT2D eigenvalue weighted by atomic mass is 10.2. The molecular weight excluding hydrogens is 413 g/mol. The minimum absolute atomic E-state index is 0. The van der Waals surface area contributed by atoms with Crippen molar-refractivity contribution in [3.63, 3.8) is 0 Å². The number of rotatable bonds is 9. The summed E-state index contributed by atoms with van der Waals surface area (Å²) in [4.78, 5) is 4.32. The number of benzene rings is 1. The highest BCUT2D eigenvalue weighted by atomic mass is 127. The van der Waals surface area contributed by atoms with Crippen LogP contribution < -0.4 is 20.5 Å². The SMILES string of the molecule is COc1ccc(CN=C(N)NCCCCSC)cc1OC.I. The van der Waals surface area contributed by atoms with Crippen LogP contribution in [0.1, 0.15) is 18.4 Å². The van der Waals surface area contributed by atoms with Crippen molar-refractivity contribution in [3.8, 4) is 11.5 Å². The molecule has 0 spiro atoms. The minimum atomic E-state index is 0. The number of guanidine groups is 1. The van der Waals surface area contributed by atoms with Crippen molar-refractivity contribution in [1.82, 2.24) is 5.32 Å². The number of thioether (sulfide) groups is 1. The third kappa shape index (κ3) is 7.98. The maximum absolute atomic E-state index is 5.84. The number of hydrogen-bond donors (Lipinski definition) is 2. The summed E-state index contributed by atoms with van der Waals surface area (Å²) in [6.07, 6.45) is 4.41. The molecule has 1 rings (SSSR count). The van der Waals surface area contributed by atoms with Gasteiger partial charge in [0.1, 0.15) is 0 Å². The van der Waals surface area contributed by atoms with Gasteiger partial charge in [0.2, 0.25) is 0 Å². The molecule has 0 aromatic heterocycles. The molecule has 0 saturated carbocycles. The van der Waals surface area contributed by atoms with Crippen LogP contribution in [0.2, 0.25) is 0 Å². The average Bonchev–Trinajstić information content (AvgIpc) is 2.52. The molecule has 0 unspecified atom stereocenters. The number of nitrogens with zero attached hydrogens (tertiary/aromatic N) is 1. The first kappa shape index (κ1) is 21.2. The number of nitrogens with one attached hydrogen (secondary N) is 1. The van der Waals surface area contributed by atoms with Crippen molar-refractivity contribution in [3.05, 3.63) is 23.8 Å². The summed E-state index contributed by atoms with van der Waals surface area (Å²) >= 11 is 1.86. The maximum Gasteiger partial charge on any atom is 0.188 e. The van der Waals surface area contributed by atoms with Crippen LogP contribution in [0.5, 0.6) is 11.5 Å². The quantitative estimate of drug-likeness (QED) is 0.268. The Balaban J connectivity index is 0.00000441. The van der Waals surface area contributed by atoms with Crippen LogP contribution in [0.25, 0.3) is 0 Å². The highest BCUT2D eigenvalue weighted by Gasteiger charge is 2.04. The van der Waals surface area contributed by atoms with Crippen LogP contribution in [-0.2, 0) is 6.54 Å². The molecule has 0 bridgehead atoms.